The summed E-state index contributed by atoms with van der Waals surface area (Å²) in [5.41, 5.74) is 0.779. The minimum atomic E-state index is -0.480. The van der Waals surface area contributed by atoms with Gasteiger partial charge in [-0.3, -0.25) is 0 Å². The Balaban J connectivity index is 1.64. The molecule has 1 aromatic heterocycles. The molecular weight excluding hydrogens is 310 g/mol. The molecule has 2 aliphatic heterocycles. The van der Waals surface area contributed by atoms with Crippen molar-refractivity contribution in [3.05, 3.63) is 24.0 Å². The van der Waals surface area contributed by atoms with E-state index in [0.717, 1.165) is 12.1 Å². The molecule has 1 aromatic rings. The van der Waals surface area contributed by atoms with Gasteiger partial charge < -0.3 is 19.3 Å². The van der Waals surface area contributed by atoms with Gasteiger partial charge in [0.2, 0.25) is 0 Å². The lowest BCUT2D eigenvalue weighted by Gasteiger charge is -2.57. The molecule has 3 heterocycles. The SMILES string of the molecule is COC(=O)c1ccc(N2C3CC2CN(C(=O)OC(C)(C)C)C3)cn1. The Morgan fingerprint density at radius 2 is 1.88 bits per heavy atom. The summed E-state index contributed by atoms with van der Waals surface area (Å²) < 4.78 is 10.1. The van der Waals surface area contributed by atoms with Crippen molar-refractivity contribution >= 4 is 17.7 Å². The van der Waals surface area contributed by atoms with Crippen LogP contribution < -0.4 is 4.90 Å². The molecule has 0 aromatic carbocycles. The van der Waals surface area contributed by atoms with E-state index in [0.29, 0.717) is 18.8 Å². The van der Waals surface area contributed by atoms with Gasteiger partial charge in [-0.05, 0) is 39.3 Å². The standard InChI is InChI=1S/C17H23N3O4/c1-17(2,3)24-16(22)19-9-12-7-13(10-19)20(12)11-5-6-14(18-8-11)15(21)23-4/h5-6,8,12-13H,7,9-10H2,1-4H3. The number of hydrogen-bond acceptors (Lipinski definition) is 6. The Morgan fingerprint density at radius 1 is 1.21 bits per heavy atom. The number of amides is 1. The van der Waals surface area contributed by atoms with E-state index in [1.54, 1.807) is 17.2 Å². The molecule has 2 unspecified atom stereocenters. The first-order valence-corrected chi connectivity index (χ1v) is 8.09. The van der Waals surface area contributed by atoms with Crippen LogP contribution in [0, 0.1) is 0 Å². The van der Waals surface area contributed by atoms with Crippen LogP contribution in [0.2, 0.25) is 0 Å². The van der Waals surface area contributed by atoms with Crippen molar-refractivity contribution in [1.82, 2.24) is 9.88 Å². The van der Waals surface area contributed by atoms with E-state index in [-0.39, 0.29) is 18.2 Å². The highest BCUT2D eigenvalue weighted by Crippen LogP contribution is 2.37. The molecule has 0 aliphatic carbocycles. The van der Waals surface area contributed by atoms with Gasteiger partial charge in [-0.15, -0.1) is 0 Å². The molecule has 0 N–H and O–H groups in total. The number of piperazine rings is 1. The molecule has 7 heteroatoms. The Kier molecular flexibility index (Phi) is 4.11. The molecule has 1 amide bonds. The van der Waals surface area contributed by atoms with E-state index in [9.17, 15) is 9.59 Å². The zero-order valence-corrected chi connectivity index (χ0v) is 14.5. The largest absolute Gasteiger partial charge is 0.464 e. The Bertz CT molecular complexity index is 626. The Labute approximate surface area is 141 Å². The molecule has 24 heavy (non-hydrogen) atoms. The third kappa shape index (κ3) is 3.16. The summed E-state index contributed by atoms with van der Waals surface area (Å²) in [7, 11) is 1.34. The fourth-order valence-electron chi connectivity index (χ4n) is 3.27. The van der Waals surface area contributed by atoms with Gasteiger partial charge in [0.15, 0.2) is 0 Å². The number of aromatic nitrogens is 1. The van der Waals surface area contributed by atoms with Gasteiger partial charge in [-0.2, -0.15) is 0 Å². The van der Waals surface area contributed by atoms with Crippen LogP contribution in [0.1, 0.15) is 37.7 Å². The lowest BCUT2D eigenvalue weighted by molar-refractivity contribution is 0.00853. The van der Waals surface area contributed by atoms with Gasteiger partial charge in [0, 0.05) is 25.2 Å². The Hall–Kier alpha value is -2.31. The van der Waals surface area contributed by atoms with Gasteiger partial charge in [0.05, 0.1) is 19.0 Å². The van der Waals surface area contributed by atoms with Crippen molar-refractivity contribution in [3.63, 3.8) is 0 Å². The predicted octanol–water partition coefficient (Wildman–Crippen LogP) is 2.07. The molecule has 3 rings (SSSR count). The summed E-state index contributed by atoms with van der Waals surface area (Å²) in [6.07, 6.45) is 2.49. The number of anilines is 1. The smallest absolute Gasteiger partial charge is 0.410 e. The third-order valence-corrected chi connectivity index (χ3v) is 4.29. The summed E-state index contributed by atoms with van der Waals surface area (Å²) in [6, 6.07) is 4.08. The molecular formula is C17H23N3O4. The van der Waals surface area contributed by atoms with Gasteiger partial charge >= 0.3 is 12.1 Å². The molecule has 2 bridgehead atoms. The first kappa shape index (κ1) is 16.5. The molecule has 2 fully saturated rings. The highest BCUT2D eigenvalue weighted by molar-refractivity contribution is 5.87. The molecule has 7 nitrogen and oxygen atoms in total. The summed E-state index contributed by atoms with van der Waals surface area (Å²) in [4.78, 5) is 31.8. The number of fused-ring (bicyclic) bond motifs is 2. The van der Waals surface area contributed by atoms with Gasteiger partial charge in [0.1, 0.15) is 11.3 Å². The average molecular weight is 333 g/mol. The van der Waals surface area contributed by atoms with Gasteiger partial charge in [-0.1, -0.05) is 0 Å². The number of likely N-dealkylation sites (tertiary alicyclic amines) is 1. The topological polar surface area (TPSA) is 72.0 Å². The van der Waals surface area contributed by atoms with E-state index in [4.69, 9.17) is 4.74 Å². The third-order valence-electron chi connectivity index (χ3n) is 4.29. The predicted molar refractivity (Wildman–Crippen MR) is 88.1 cm³/mol. The van der Waals surface area contributed by atoms with Gasteiger partial charge in [0.25, 0.3) is 0 Å². The van der Waals surface area contributed by atoms with Crippen LogP contribution in [-0.2, 0) is 9.47 Å². The number of esters is 1. The maximum atomic E-state index is 12.2. The second-order valence-corrected chi connectivity index (χ2v) is 7.23. The zero-order chi connectivity index (χ0) is 17.5. The zero-order valence-electron chi connectivity index (χ0n) is 14.5. The fraction of sp³-hybridized carbons (Fsp3) is 0.588. The maximum Gasteiger partial charge on any atom is 0.410 e. The van der Waals surface area contributed by atoms with Gasteiger partial charge in [-0.25, -0.2) is 14.6 Å². The number of piperidine rings is 1. The molecule has 0 saturated carbocycles. The van der Waals surface area contributed by atoms with E-state index in [1.807, 2.05) is 26.8 Å². The van der Waals surface area contributed by atoms with E-state index in [1.165, 1.54) is 7.11 Å². The summed E-state index contributed by atoms with van der Waals surface area (Å²) in [6.45, 7) is 6.90. The van der Waals surface area contributed by atoms with Crippen molar-refractivity contribution in [1.29, 1.82) is 0 Å². The summed E-state index contributed by atoms with van der Waals surface area (Å²) in [5, 5.41) is 0. The number of hydrogen-bond donors (Lipinski definition) is 0. The molecule has 130 valence electrons. The first-order valence-electron chi connectivity index (χ1n) is 8.09. The Morgan fingerprint density at radius 3 is 2.38 bits per heavy atom. The normalized spacial score (nSPS) is 22.7. The van der Waals surface area contributed by atoms with Crippen LogP contribution in [0.5, 0.6) is 0 Å². The quantitative estimate of drug-likeness (QED) is 0.772. The fourth-order valence-corrected chi connectivity index (χ4v) is 3.27. The highest BCUT2D eigenvalue weighted by Gasteiger charge is 2.46. The number of rotatable bonds is 2. The molecule has 2 saturated heterocycles. The van der Waals surface area contributed by atoms with Crippen molar-refractivity contribution in [3.8, 4) is 0 Å². The lowest BCUT2D eigenvalue weighted by atomic mass is 9.87. The van der Waals surface area contributed by atoms with Crippen LogP contribution in [-0.4, -0.2) is 59.8 Å². The van der Waals surface area contributed by atoms with Crippen LogP contribution in [0.4, 0.5) is 10.5 Å². The van der Waals surface area contributed by atoms with Crippen LogP contribution in [0.15, 0.2) is 18.3 Å². The average Bonchev–Trinajstić information content (AvgIpc) is 2.53. The second-order valence-electron chi connectivity index (χ2n) is 7.23. The molecule has 0 radical (unpaired) electrons. The van der Waals surface area contributed by atoms with Crippen molar-refractivity contribution in [2.75, 3.05) is 25.1 Å². The summed E-state index contributed by atoms with van der Waals surface area (Å²) in [5.74, 6) is -0.443. The van der Waals surface area contributed by atoms with Crippen molar-refractivity contribution in [2.45, 2.75) is 44.9 Å². The van der Waals surface area contributed by atoms with Crippen LogP contribution in [0.25, 0.3) is 0 Å². The van der Waals surface area contributed by atoms with Crippen LogP contribution >= 0.6 is 0 Å². The van der Waals surface area contributed by atoms with E-state index < -0.39 is 11.6 Å². The number of carbonyl (C=O) groups excluding carboxylic acids is 2. The minimum absolute atomic E-state index is 0.254. The van der Waals surface area contributed by atoms with E-state index >= 15 is 0 Å². The molecule has 2 atom stereocenters. The number of pyridine rings is 1. The monoisotopic (exact) mass is 333 g/mol. The second kappa shape index (κ2) is 5.96. The maximum absolute atomic E-state index is 12.2. The van der Waals surface area contributed by atoms with Crippen molar-refractivity contribution in [2.24, 2.45) is 0 Å². The number of ether oxygens (including phenoxy) is 2. The summed E-state index contributed by atoms with van der Waals surface area (Å²) >= 11 is 0. The van der Waals surface area contributed by atoms with E-state index in [2.05, 4.69) is 14.6 Å². The lowest BCUT2D eigenvalue weighted by Crippen LogP contribution is -2.70. The first-order chi connectivity index (χ1) is 11.3. The van der Waals surface area contributed by atoms with Crippen molar-refractivity contribution < 1.29 is 19.1 Å². The number of carbonyl (C=O) groups is 2. The minimum Gasteiger partial charge on any atom is -0.464 e. The van der Waals surface area contributed by atoms with Crippen LogP contribution in [0.3, 0.4) is 0 Å². The number of nitrogens with zero attached hydrogens (tertiary/aromatic N) is 3. The molecule has 2 aliphatic rings. The highest BCUT2D eigenvalue weighted by atomic mass is 16.6. The molecule has 0 spiro atoms. The number of methoxy groups -OCH3 is 1.